The van der Waals surface area contributed by atoms with E-state index in [0.29, 0.717) is 5.69 Å². The Morgan fingerprint density at radius 2 is 1.67 bits per heavy atom. The Bertz CT molecular complexity index is 913. The lowest BCUT2D eigenvalue weighted by molar-refractivity contribution is 0.157. The van der Waals surface area contributed by atoms with Crippen LogP contribution in [0.3, 0.4) is 0 Å². The average Bonchev–Trinajstić information content (AvgIpc) is 2.96. The molecule has 2 N–H and O–H groups in total. The second kappa shape index (κ2) is 5.53. The van der Waals surface area contributed by atoms with Gasteiger partial charge in [-0.1, -0.05) is 36.8 Å². The minimum Gasteiger partial charge on any atom is -0.255 e. The monoisotopic (exact) mass is 340 g/mol. The van der Waals surface area contributed by atoms with Crippen LogP contribution in [0.25, 0.3) is 11.1 Å². The molecule has 124 valence electrons. The van der Waals surface area contributed by atoms with E-state index in [-0.39, 0.29) is 10.3 Å². The second-order valence-corrected chi connectivity index (χ2v) is 8.46. The number of hydrogen-bond acceptors (Lipinski definition) is 3. The van der Waals surface area contributed by atoms with Crippen LogP contribution in [0.4, 0.5) is 0 Å². The Morgan fingerprint density at radius 1 is 0.958 bits per heavy atom. The van der Waals surface area contributed by atoms with Gasteiger partial charge in [-0.25, -0.2) is 13.6 Å². The van der Waals surface area contributed by atoms with E-state index in [2.05, 4.69) is 17.1 Å². The molecule has 1 fully saturated rings. The fourth-order valence-corrected chi connectivity index (χ4v) is 4.76. The van der Waals surface area contributed by atoms with Gasteiger partial charge in [-0.05, 0) is 59.9 Å². The standard InChI is InChI=1S/C19H20N2O2S/c20-24(22,23)17-8-4-11-21-18(17)16-13-19(9-5-10-19)12-15(16)14-6-2-1-3-7-14/h1-4,6-8,11H,5,9-10,12-13H2,(H2,20,22,23). The number of sulfonamides is 1. The lowest BCUT2D eigenvalue weighted by Crippen LogP contribution is -2.26. The first-order valence-corrected chi connectivity index (χ1v) is 9.79. The number of benzene rings is 1. The van der Waals surface area contributed by atoms with Gasteiger partial charge < -0.3 is 0 Å². The quantitative estimate of drug-likeness (QED) is 0.928. The van der Waals surface area contributed by atoms with Crippen molar-refractivity contribution < 1.29 is 8.42 Å². The van der Waals surface area contributed by atoms with E-state index in [1.54, 1.807) is 18.3 Å². The Balaban J connectivity index is 1.90. The normalized spacial score (nSPS) is 19.5. The maximum absolute atomic E-state index is 12.0. The van der Waals surface area contributed by atoms with Crippen molar-refractivity contribution in [1.29, 1.82) is 0 Å². The number of nitrogens with two attached hydrogens (primary N) is 1. The summed E-state index contributed by atoms with van der Waals surface area (Å²) >= 11 is 0. The summed E-state index contributed by atoms with van der Waals surface area (Å²) in [5.41, 5.74) is 4.24. The van der Waals surface area contributed by atoms with Gasteiger partial charge in [0.2, 0.25) is 10.0 Å². The molecular weight excluding hydrogens is 320 g/mol. The molecule has 0 unspecified atom stereocenters. The van der Waals surface area contributed by atoms with Crippen molar-refractivity contribution in [2.45, 2.75) is 37.0 Å². The number of nitrogens with zero attached hydrogens (tertiary/aromatic N) is 1. The highest BCUT2D eigenvalue weighted by atomic mass is 32.2. The molecular formula is C19H20N2O2S. The molecule has 1 saturated carbocycles. The predicted molar refractivity (Wildman–Crippen MR) is 94.4 cm³/mol. The number of aromatic nitrogens is 1. The summed E-state index contributed by atoms with van der Waals surface area (Å²) in [5, 5.41) is 5.43. The predicted octanol–water partition coefficient (Wildman–Crippen LogP) is 3.60. The number of primary sulfonamides is 1. The van der Waals surface area contributed by atoms with Gasteiger partial charge in [-0.2, -0.15) is 0 Å². The van der Waals surface area contributed by atoms with Crippen LogP contribution in [-0.2, 0) is 10.0 Å². The fourth-order valence-electron chi connectivity index (χ4n) is 4.05. The van der Waals surface area contributed by atoms with Gasteiger partial charge in [0.25, 0.3) is 0 Å². The van der Waals surface area contributed by atoms with E-state index in [0.717, 1.165) is 24.0 Å². The summed E-state index contributed by atoms with van der Waals surface area (Å²) in [6.07, 6.45) is 7.17. The third-order valence-electron chi connectivity index (χ3n) is 5.37. The van der Waals surface area contributed by atoms with Gasteiger partial charge in [0.1, 0.15) is 4.90 Å². The van der Waals surface area contributed by atoms with Crippen LogP contribution < -0.4 is 5.14 Å². The fraction of sp³-hybridized carbons (Fsp3) is 0.316. The summed E-state index contributed by atoms with van der Waals surface area (Å²) in [6, 6.07) is 13.4. The van der Waals surface area contributed by atoms with Crippen LogP contribution in [0.5, 0.6) is 0 Å². The molecule has 0 aliphatic heterocycles. The van der Waals surface area contributed by atoms with Crippen LogP contribution >= 0.6 is 0 Å². The number of pyridine rings is 1. The van der Waals surface area contributed by atoms with Crippen LogP contribution in [-0.4, -0.2) is 13.4 Å². The van der Waals surface area contributed by atoms with Gasteiger partial charge in [0, 0.05) is 6.20 Å². The lowest BCUT2D eigenvalue weighted by Gasteiger charge is -2.39. The van der Waals surface area contributed by atoms with E-state index in [4.69, 9.17) is 5.14 Å². The summed E-state index contributed by atoms with van der Waals surface area (Å²) in [6.45, 7) is 0. The molecule has 1 heterocycles. The van der Waals surface area contributed by atoms with E-state index in [1.807, 2.05) is 18.2 Å². The molecule has 1 aromatic heterocycles. The molecule has 1 aromatic carbocycles. The van der Waals surface area contributed by atoms with Crippen molar-refractivity contribution in [3.63, 3.8) is 0 Å². The summed E-state index contributed by atoms with van der Waals surface area (Å²) in [4.78, 5) is 4.54. The number of allylic oxidation sites excluding steroid dienone is 2. The molecule has 4 nitrogen and oxygen atoms in total. The Labute approximate surface area is 142 Å². The van der Waals surface area contributed by atoms with Crippen molar-refractivity contribution in [2.24, 2.45) is 10.6 Å². The average molecular weight is 340 g/mol. The van der Waals surface area contributed by atoms with Crippen LogP contribution in [0.2, 0.25) is 0 Å². The Kier molecular flexibility index (Phi) is 3.58. The molecule has 5 heteroatoms. The maximum Gasteiger partial charge on any atom is 0.240 e. The van der Waals surface area contributed by atoms with Gasteiger partial charge >= 0.3 is 0 Å². The molecule has 0 radical (unpaired) electrons. The van der Waals surface area contributed by atoms with Gasteiger partial charge in [0.15, 0.2) is 0 Å². The van der Waals surface area contributed by atoms with Crippen molar-refractivity contribution in [1.82, 2.24) is 4.98 Å². The van der Waals surface area contributed by atoms with Crippen LogP contribution in [0.1, 0.15) is 43.4 Å². The van der Waals surface area contributed by atoms with Crippen molar-refractivity contribution >= 4 is 21.2 Å². The Hall–Kier alpha value is -1.98. The second-order valence-electron chi connectivity index (χ2n) is 6.93. The molecule has 0 atom stereocenters. The van der Waals surface area contributed by atoms with Crippen molar-refractivity contribution in [3.05, 3.63) is 59.9 Å². The SMILES string of the molecule is NS(=O)(=O)c1cccnc1C1=C(c2ccccc2)CC2(CCC2)C1. The van der Waals surface area contributed by atoms with Crippen molar-refractivity contribution in [2.75, 3.05) is 0 Å². The van der Waals surface area contributed by atoms with Crippen LogP contribution in [0, 0.1) is 5.41 Å². The zero-order chi connectivity index (χ0) is 16.8. The largest absolute Gasteiger partial charge is 0.255 e. The Morgan fingerprint density at radius 3 is 2.29 bits per heavy atom. The first-order chi connectivity index (χ1) is 11.5. The molecule has 0 amide bonds. The topological polar surface area (TPSA) is 73.1 Å². The summed E-state index contributed by atoms with van der Waals surface area (Å²) in [7, 11) is -3.80. The molecule has 2 aliphatic rings. The highest BCUT2D eigenvalue weighted by molar-refractivity contribution is 7.89. The van der Waals surface area contributed by atoms with E-state index in [1.165, 1.54) is 24.8 Å². The summed E-state index contributed by atoms with van der Waals surface area (Å²) in [5.74, 6) is 0. The minimum absolute atomic E-state index is 0.129. The third-order valence-corrected chi connectivity index (χ3v) is 6.31. The zero-order valence-corrected chi connectivity index (χ0v) is 14.2. The molecule has 0 saturated heterocycles. The molecule has 2 aliphatic carbocycles. The molecule has 24 heavy (non-hydrogen) atoms. The zero-order valence-electron chi connectivity index (χ0n) is 13.4. The van der Waals surface area contributed by atoms with Gasteiger partial charge in [-0.3, -0.25) is 4.98 Å². The number of rotatable bonds is 3. The van der Waals surface area contributed by atoms with Gasteiger partial charge in [-0.15, -0.1) is 0 Å². The molecule has 1 spiro atoms. The number of hydrogen-bond donors (Lipinski definition) is 1. The lowest BCUT2D eigenvalue weighted by atomic mass is 9.66. The third kappa shape index (κ3) is 2.58. The van der Waals surface area contributed by atoms with Crippen molar-refractivity contribution in [3.8, 4) is 0 Å². The van der Waals surface area contributed by atoms with E-state index in [9.17, 15) is 8.42 Å². The van der Waals surface area contributed by atoms with Gasteiger partial charge in [0.05, 0.1) is 5.69 Å². The smallest absolute Gasteiger partial charge is 0.240 e. The first kappa shape index (κ1) is 15.5. The highest BCUT2D eigenvalue weighted by Crippen LogP contribution is 2.59. The maximum atomic E-state index is 12.0. The molecule has 4 rings (SSSR count). The van der Waals surface area contributed by atoms with E-state index < -0.39 is 10.0 Å². The van der Waals surface area contributed by atoms with Crippen LogP contribution in [0.15, 0.2) is 53.6 Å². The highest BCUT2D eigenvalue weighted by Gasteiger charge is 2.44. The molecule has 2 aromatic rings. The minimum atomic E-state index is -3.80. The van der Waals surface area contributed by atoms with E-state index >= 15 is 0 Å². The molecule has 0 bridgehead atoms. The first-order valence-electron chi connectivity index (χ1n) is 8.24. The summed E-state index contributed by atoms with van der Waals surface area (Å²) < 4.78 is 24.0.